The minimum atomic E-state index is -0.226. The van der Waals surface area contributed by atoms with Crippen molar-refractivity contribution >= 4 is 6.03 Å². The lowest BCUT2D eigenvalue weighted by molar-refractivity contribution is -0.0872. The van der Waals surface area contributed by atoms with Crippen molar-refractivity contribution < 1.29 is 9.53 Å². The zero-order chi connectivity index (χ0) is 16.9. The predicted molar refractivity (Wildman–Crippen MR) is 91.4 cm³/mol. The summed E-state index contributed by atoms with van der Waals surface area (Å²) in [6, 6.07) is 4.02. The number of rotatable bonds is 5. The summed E-state index contributed by atoms with van der Waals surface area (Å²) in [5.41, 5.74) is 0.944. The summed E-state index contributed by atoms with van der Waals surface area (Å²) < 4.78 is 5.80. The molecular formula is C18H29N3O2. The molecule has 1 aliphatic rings. The molecule has 0 saturated carbocycles. The van der Waals surface area contributed by atoms with Crippen molar-refractivity contribution in [2.75, 3.05) is 26.2 Å². The molecule has 1 fully saturated rings. The molecule has 0 radical (unpaired) electrons. The van der Waals surface area contributed by atoms with Crippen molar-refractivity contribution in [1.82, 2.24) is 15.2 Å². The average Bonchev–Trinajstić information content (AvgIpc) is 2.55. The minimum Gasteiger partial charge on any atom is -0.372 e. The van der Waals surface area contributed by atoms with Gasteiger partial charge in [0.25, 0.3) is 0 Å². The Morgan fingerprint density at radius 2 is 2.30 bits per heavy atom. The third-order valence-electron chi connectivity index (χ3n) is 4.76. The Hall–Kier alpha value is -1.62. The van der Waals surface area contributed by atoms with E-state index >= 15 is 0 Å². The number of hydrogen-bond acceptors (Lipinski definition) is 3. The van der Waals surface area contributed by atoms with E-state index in [2.05, 4.69) is 44.1 Å². The van der Waals surface area contributed by atoms with Crippen LogP contribution in [-0.4, -0.2) is 47.8 Å². The molecule has 0 aliphatic carbocycles. The fraction of sp³-hybridized carbons (Fsp3) is 0.667. The summed E-state index contributed by atoms with van der Waals surface area (Å²) in [5, 5.41) is 3.10. The van der Waals surface area contributed by atoms with Gasteiger partial charge in [-0.25, -0.2) is 4.79 Å². The standard InChI is InChI=1S/C18H29N3O2/c1-5-18(4)13-21(9-10-23-18)17(22)20-12-16(14(2)3)15-7-6-8-19-11-15/h6-8,11,14,16H,5,9-10,12-13H2,1-4H3,(H,20,22)/t16-,18+/m1/s1. The van der Waals surface area contributed by atoms with Crippen molar-refractivity contribution in [1.29, 1.82) is 0 Å². The van der Waals surface area contributed by atoms with Crippen LogP contribution in [0.3, 0.4) is 0 Å². The van der Waals surface area contributed by atoms with E-state index in [1.807, 2.05) is 17.2 Å². The number of nitrogens with zero attached hydrogens (tertiary/aromatic N) is 2. The van der Waals surface area contributed by atoms with Gasteiger partial charge in [0.05, 0.1) is 18.8 Å². The molecule has 0 aromatic carbocycles. The van der Waals surface area contributed by atoms with E-state index in [1.165, 1.54) is 5.56 Å². The second-order valence-electron chi connectivity index (χ2n) is 6.90. The van der Waals surface area contributed by atoms with E-state index in [0.29, 0.717) is 32.2 Å². The van der Waals surface area contributed by atoms with E-state index in [4.69, 9.17) is 4.74 Å². The predicted octanol–water partition coefficient (Wildman–Crippen LogP) is 3.03. The minimum absolute atomic E-state index is 0.00233. The zero-order valence-corrected chi connectivity index (χ0v) is 14.7. The summed E-state index contributed by atoms with van der Waals surface area (Å²) in [7, 11) is 0. The van der Waals surface area contributed by atoms with Gasteiger partial charge in [-0.05, 0) is 30.9 Å². The lowest BCUT2D eigenvalue weighted by Gasteiger charge is -2.40. The Morgan fingerprint density at radius 1 is 1.52 bits per heavy atom. The summed E-state index contributed by atoms with van der Waals surface area (Å²) in [5.74, 6) is 0.705. The van der Waals surface area contributed by atoms with E-state index < -0.39 is 0 Å². The Labute approximate surface area is 139 Å². The van der Waals surface area contributed by atoms with Gasteiger partial charge in [-0.3, -0.25) is 4.98 Å². The lowest BCUT2D eigenvalue weighted by Crippen LogP contribution is -2.54. The highest BCUT2D eigenvalue weighted by Gasteiger charge is 2.32. The Bertz CT molecular complexity index is 506. The van der Waals surface area contributed by atoms with Crippen LogP contribution in [0.1, 0.15) is 45.6 Å². The van der Waals surface area contributed by atoms with Gasteiger partial charge in [-0.2, -0.15) is 0 Å². The van der Waals surface area contributed by atoms with Crippen LogP contribution in [0.5, 0.6) is 0 Å². The number of hydrogen-bond donors (Lipinski definition) is 1. The summed E-state index contributed by atoms with van der Waals surface area (Å²) in [6.45, 7) is 11.0. The molecule has 5 heteroatoms. The van der Waals surface area contributed by atoms with Crippen LogP contribution >= 0.6 is 0 Å². The smallest absolute Gasteiger partial charge is 0.317 e. The SMILES string of the molecule is CC[C@@]1(C)CN(C(=O)NC[C@@H](c2cccnc2)C(C)C)CCO1. The maximum Gasteiger partial charge on any atom is 0.317 e. The molecule has 2 atom stereocenters. The molecule has 2 rings (SSSR count). The van der Waals surface area contributed by atoms with Crippen LogP contribution in [0.15, 0.2) is 24.5 Å². The third kappa shape index (κ3) is 4.67. The van der Waals surface area contributed by atoms with Crippen LogP contribution in [0.2, 0.25) is 0 Å². The van der Waals surface area contributed by atoms with Crippen LogP contribution in [0.4, 0.5) is 4.79 Å². The Balaban J connectivity index is 1.94. The van der Waals surface area contributed by atoms with Crippen molar-refractivity contribution in [2.24, 2.45) is 5.92 Å². The van der Waals surface area contributed by atoms with Crippen molar-refractivity contribution in [3.05, 3.63) is 30.1 Å². The largest absolute Gasteiger partial charge is 0.372 e. The van der Waals surface area contributed by atoms with Gasteiger partial charge in [0, 0.05) is 31.4 Å². The molecule has 1 N–H and O–H groups in total. The average molecular weight is 319 g/mol. The number of ether oxygens (including phenoxy) is 1. The molecule has 1 saturated heterocycles. The molecule has 23 heavy (non-hydrogen) atoms. The molecule has 2 amide bonds. The maximum absolute atomic E-state index is 12.5. The number of carbonyl (C=O) groups is 1. The number of nitrogens with one attached hydrogen (secondary N) is 1. The highest BCUT2D eigenvalue weighted by Crippen LogP contribution is 2.24. The number of carbonyl (C=O) groups excluding carboxylic acids is 1. The fourth-order valence-electron chi connectivity index (χ4n) is 2.96. The number of morpholine rings is 1. The third-order valence-corrected chi connectivity index (χ3v) is 4.76. The monoisotopic (exact) mass is 319 g/mol. The maximum atomic E-state index is 12.5. The van der Waals surface area contributed by atoms with Gasteiger partial charge in [-0.15, -0.1) is 0 Å². The molecule has 0 bridgehead atoms. The molecule has 1 aromatic rings. The van der Waals surface area contributed by atoms with Crippen LogP contribution in [0.25, 0.3) is 0 Å². The molecule has 1 aliphatic heterocycles. The first-order valence-corrected chi connectivity index (χ1v) is 8.52. The number of amides is 2. The quantitative estimate of drug-likeness (QED) is 0.907. The van der Waals surface area contributed by atoms with E-state index in [1.54, 1.807) is 6.20 Å². The summed E-state index contributed by atoms with van der Waals surface area (Å²) in [6.07, 6.45) is 4.57. The van der Waals surface area contributed by atoms with Crippen LogP contribution < -0.4 is 5.32 Å². The zero-order valence-electron chi connectivity index (χ0n) is 14.7. The van der Waals surface area contributed by atoms with Crippen molar-refractivity contribution in [3.8, 4) is 0 Å². The molecule has 0 unspecified atom stereocenters. The molecular weight excluding hydrogens is 290 g/mol. The summed E-state index contributed by atoms with van der Waals surface area (Å²) in [4.78, 5) is 18.6. The lowest BCUT2D eigenvalue weighted by atomic mass is 9.89. The highest BCUT2D eigenvalue weighted by atomic mass is 16.5. The topological polar surface area (TPSA) is 54.5 Å². The van der Waals surface area contributed by atoms with Crippen molar-refractivity contribution in [3.63, 3.8) is 0 Å². The highest BCUT2D eigenvalue weighted by molar-refractivity contribution is 5.74. The normalized spacial score (nSPS) is 22.9. The van der Waals surface area contributed by atoms with Gasteiger partial charge in [0.15, 0.2) is 0 Å². The van der Waals surface area contributed by atoms with Gasteiger partial charge in [-0.1, -0.05) is 26.8 Å². The molecule has 5 nitrogen and oxygen atoms in total. The number of aromatic nitrogens is 1. The van der Waals surface area contributed by atoms with Gasteiger partial charge in [0.2, 0.25) is 0 Å². The van der Waals surface area contributed by atoms with Gasteiger partial charge < -0.3 is 15.0 Å². The number of urea groups is 1. The molecule has 0 spiro atoms. The molecule has 2 heterocycles. The number of pyridine rings is 1. The van der Waals surface area contributed by atoms with E-state index in [-0.39, 0.29) is 17.6 Å². The van der Waals surface area contributed by atoms with Crippen LogP contribution in [-0.2, 0) is 4.74 Å². The Kier molecular flexibility index (Phi) is 5.99. The van der Waals surface area contributed by atoms with Gasteiger partial charge in [0.1, 0.15) is 0 Å². The fourth-order valence-corrected chi connectivity index (χ4v) is 2.96. The first kappa shape index (κ1) is 17.7. The second-order valence-corrected chi connectivity index (χ2v) is 6.90. The molecule has 128 valence electrons. The van der Waals surface area contributed by atoms with E-state index in [0.717, 1.165) is 6.42 Å². The first-order chi connectivity index (χ1) is 10.9. The van der Waals surface area contributed by atoms with E-state index in [9.17, 15) is 4.79 Å². The first-order valence-electron chi connectivity index (χ1n) is 8.52. The van der Waals surface area contributed by atoms with Gasteiger partial charge >= 0.3 is 6.03 Å². The van der Waals surface area contributed by atoms with Crippen LogP contribution in [0, 0.1) is 5.92 Å². The summed E-state index contributed by atoms with van der Waals surface area (Å²) >= 11 is 0. The Morgan fingerprint density at radius 3 is 2.91 bits per heavy atom. The van der Waals surface area contributed by atoms with Crippen molar-refractivity contribution in [2.45, 2.75) is 45.6 Å². The second kappa shape index (κ2) is 7.77. The molecule has 1 aromatic heterocycles.